The Hall–Kier alpha value is -2.12. The van der Waals surface area contributed by atoms with E-state index in [-0.39, 0.29) is 0 Å². The Kier molecular flexibility index (Phi) is 3.00. The summed E-state index contributed by atoms with van der Waals surface area (Å²) in [5.41, 5.74) is 0. The summed E-state index contributed by atoms with van der Waals surface area (Å²) in [5.74, 6) is 0. The monoisotopic (exact) mass is 200 g/mol. The second-order valence-electron chi connectivity index (χ2n) is 2.08. The molecule has 0 aromatic carbocycles. The molecule has 0 aliphatic rings. The molecule has 0 unspecified atom stereocenters. The first kappa shape index (κ1) is 9.96. The number of carbonyl (C=O) groups excluding carboxylic acids is 2. The van der Waals surface area contributed by atoms with Crippen LogP contribution in [-0.2, 0) is 9.47 Å². The number of carbonyl (C=O) groups is 2. The quantitative estimate of drug-likeness (QED) is 0.621. The lowest BCUT2D eigenvalue weighted by Gasteiger charge is -2.15. The summed E-state index contributed by atoms with van der Waals surface area (Å²) >= 11 is 0. The molecule has 0 saturated carbocycles. The van der Waals surface area contributed by atoms with Gasteiger partial charge in [0.2, 0.25) is 0 Å². The van der Waals surface area contributed by atoms with Crippen molar-refractivity contribution >= 4 is 12.2 Å². The SMILES string of the molecule is COC(=O)N(C(=O)OC)n1ccnn1. The predicted octanol–water partition coefficient (Wildman–Crippen LogP) is -0.251. The zero-order valence-electron chi connectivity index (χ0n) is 7.58. The minimum absolute atomic E-state index is 0.549. The Labute approximate surface area is 79.0 Å². The average molecular weight is 200 g/mol. The molecule has 1 heterocycles. The summed E-state index contributed by atoms with van der Waals surface area (Å²) in [6, 6.07) is 0. The van der Waals surface area contributed by atoms with Gasteiger partial charge in [-0.1, -0.05) is 5.01 Å². The number of nitrogens with zero attached hydrogens (tertiary/aromatic N) is 4. The van der Waals surface area contributed by atoms with Crippen molar-refractivity contribution in [3.63, 3.8) is 0 Å². The summed E-state index contributed by atoms with van der Waals surface area (Å²) in [4.78, 5) is 23.2. The van der Waals surface area contributed by atoms with Crippen LogP contribution in [0.1, 0.15) is 0 Å². The normalized spacial score (nSPS) is 9.29. The molecule has 1 aromatic rings. The first-order chi connectivity index (χ1) is 6.70. The van der Waals surface area contributed by atoms with E-state index in [2.05, 4.69) is 19.8 Å². The predicted molar refractivity (Wildman–Crippen MR) is 43.0 cm³/mol. The van der Waals surface area contributed by atoms with Crippen LogP contribution < -0.4 is 5.01 Å². The van der Waals surface area contributed by atoms with E-state index in [1.165, 1.54) is 12.4 Å². The maximum Gasteiger partial charge on any atom is 0.440 e. The molecule has 0 aliphatic carbocycles. The Balaban J connectivity index is 2.94. The van der Waals surface area contributed by atoms with E-state index in [4.69, 9.17) is 0 Å². The number of hydrogen-bond acceptors (Lipinski definition) is 6. The highest BCUT2D eigenvalue weighted by atomic mass is 16.6. The van der Waals surface area contributed by atoms with Crippen molar-refractivity contribution in [3.8, 4) is 0 Å². The highest BCUT2D eigenvalue weighted by Gasteiger charge is 2.25. The second kappa shape index (κ2) is 4.21. The molecule has 1 rings (SSSR count). The lowest BCUT2D eigenvalue weighted by atomic mass is 10.9. The Morgan fingerprint density at radius 3 is 2.21 bits per heavy atom. The number of rotatable bonds is 1. The molecule has 0 spiro atoms. The molecule has 1 aromatic heterocycles. The van der Waals surface area contributed by atoms with Crippen molar-refractivity contribution in [2.45, 2.75) is 0 Å². The maximum atomic E-state index is 11.1. The van der Waals surface area contributed by atoms with E-state index in [0.29, 0.717) is 5.01 Å². The summed E-state index contributed by atoms with van der Waals surface area (Å²) in [5, 5.41) is 7.43. The van der Waals surface area contributed by atoms with Gasteiger partial charge in [-0.25, -0.2) is 9.59 Å². The van der Waals surface area contributed by atoms with E-state index in [1.807, 2.05) is 0 Å². The molecule has 0 N–H and O–H groups in total. The van der Waals surface area contributed by atoms with Gasteiger partial charge >= 0.3 is 12.2 Å². The van der Waals surface area contributed by atoms with Crippen molar-refractivity contribution in [1.82, 2.24) is 15.1 Å². The van der Waals surface area contributed by atoms with E-state index >= 15 is 0 Å². The van der Waals surface area contributed by atoms with Gasteiger partial charge < -0.3 is 9.47 Å². The largest absolute Gasteiger partial charge is 0.451 e. The van der Waals surface area contributed by atoms with E-state index in [0.717, 1.165) is 19.0 Å². The van der Waals surface area contributed by atoms with Crippen molar-refractivity contribution in [1.29, 1.82) is 0 Å². The van der Waals surface area contributed by atoms with Crippen LogP contribution in [-0.4, -0.2) is 41.5 Å². The molecule has 0 bridgehead atoms. The lowest BCUT2D eigenvalue weighted by Crippen LogP contribution is -2.45. The third kappa shape index (κ3) is 1.79. The Morgan fingerprint density at radius 2 is 1.86 bits per heavy atom. The topological polar surface area (TPSA) is 86.5 Å². The van der Waals surface area contributed by atoms with Crippen molar-refractivity contribution in [2.24, 2.45) is 0 Å². The van der Waals surface area contributed by atoms with Crippen LogP contribution in [0, 0.1) is 0 Å². The fourth-order valence-corrected chi connectivity index (χ4v) is 0.723. The summed E-state index contributed by atoms with van der Waals surface area (Å²) in [6.45, 7) is 0. The molecule has 0 aliphatic heterocycles. The molecule has 8 nitrogen and oxygen atoms in total. The number of hydrogen-bond donors (Lipinski definition) is 0. The second-order valence-corrected chi connectivity index (χ2v) is 2.08. The highest BCUT2D eigenvalue weighted by Crippen LogP contribution is 1.95. The number of methoxy groups -OCH3 is 2. The van der Waals surface area contributed by atoms with Crippen molar-refractivity contribution in [2.75, 3.05) is 19.2 Å². The molecule has 8 heteroatoms. The van der Waals surface area contributed by atoms with Gasteiger partial charge in [0.15, 0.2) is 0 Å². The van der Waals surface area contributed by atoms with Crippen LogP contribution >= 0.6 is 0 Å². The molecule has 2 amide bonds. The van der Waals surface area contributed by atoms with Gasteiger partial charge in [0, 0.05) is 0 Å². The van der Waals surface area contributed by atoms with Crippen LogP contribution in [0.15, 0.2) is 12.4 Å². The third-order valence-electron chi connectivity index (χ3n) is 1.31. The minimum Gasteiger partial charge on any atom is -0.451 e. The number of ether oxygens (including phenoxy) is 2. The molecule has 0 atom stereocenters. The Morgan fingerprint density at radius 1 is 1.29 bits per heavy atom. The van der Waals surface area contributed by atoms with Crippen molar-refractivity contribution in [3.05, 3.63) is 12.4 Å². The number of amides is 2. The number of imide groups is 1. The van der Waals surface area contributed by atoms with Gasteiger partial charge in [-0.15, -0.1) is 9.89 Å². The molecule has 0 saturated heterocycles. The van der Waals surface area contributed by atoms with Crippen molar-refractivity contribution < 1.29 is 19.1 Å². The fraction of sp³-hybridized carbons (Fsp3) is 0.333. The van der Waals surface area contributed by atoms with Gasteiger partial charge in [-0.2, -0.15) is 0 Å². The van der Waals surface area contributed by atoms with Crippen LogP contribution in [0.25, 0.3) is 0 Å². The first-order valence-electron chi connectivity index (χ1n) is 3.53. The average Bonchev–Trinajstić information content (AvgIpc) is 2.70. The molecule has 76 valence electrons. The Bertz CT molecular complexity index is 307. The van der Waals surface area contributed by atoms with Gasteiger partial charge in [-0.3, -0.25) is 0 Å². The molecule has 14 heavy (non-hydrogen) atoms. The van der Waals surface area contributed by atoms with E-state index in [9.17, 15) is 9.59 Å². The van der Waals surface area contributed by atoms with Crippen LogP contribution in [0.4, 0.5) is 9.59 Å². The fourth-order valence-electron chi connectivity index (χ4n) is 0.723. The van der Waals surface area contributed by atoms with E-state index < -0.39 is 12.2 Å². The smallest absolute Gasteiger partial charge is 0.440 e. The van der Waals surface area contributed by atoms with Gasteiger partial charge in [0.25, 0.3) is 0 Å². The number of aromatic nitrogens is 3. The zero-order chi connectivity index (χ0) is 10.6. The summed E-state index contributed by atoms with van der Waals surface area (Å²) in [7, 11) is 2.27. The lowest BCUT2D eigenvalue weighted by molar-refractivity contribution is 0.147. The first-order valence-corrected chi connectivity index (χ1v) is 3.53. The maximum absolute atomic E-state index is 11.1. The highest BCUT2D eigenvalue weighted by molar-refractivity contribution is 6.01. The summed E-state index contributed by atoms with van der Waals surface area (Å²) in [6.07, 6.45) is 0.775. The van der Waals surface area contributed by atoms with Crippen LogP contribution in [0.3, 0.4) is 0 Å². The molecular weight excluding hydrogens is 192 g/mol. The summed E-state index contributed by atoms with van der Waals surface area (Å²) < 4.78 is 8.71. The molecular formula is C6H8N4O4. The van der Waals surface area contributed by atoms with E-state index in [1.54, 1.807) is 0 Å². The van der Waals surface area contributed by atoms with Crippen LogP contribution in [0.5, 0.6) is 0 Å². The van der Waals surface area contributed by atoms with Gasteiger partial charge in [0.05, 0.1) is 26.6 Å². The third-order valence-corrected chi connectivity index (χ3v) is 1.31. The molecule has 0 fully saturated rings. The minimum atomic E-state index is -0.914. The molecule has 0 radical (unpaired) electrons. The van der Waals surface area contributed by atoms with Crippen LogP contribution in [0.2, 0.25) is 0 Å². The van der Waals surface area contributed by atoms with Gasteiger partial charge in [0.1, 0.15) is 0 Å². The van der Waals surface area contributed by atoms with Gasteiger partial charge in [-0.05, 0) is 5.21 Å². The zero-order valence-corrected chi connectivity index (χ0v) is 7.58. The standard InChI is InChI=1S/C6H8N4O4/c1-13-5(11)10(6(12)14-2)9-4-3-7-8-9/h3-4H,1-2H3.